The van der Waals surface area contributed by atoms with Crippen molar-refractivity contribution in [2.75, 3.05) is 0 Å². The van der Waals surface area contributed by atoms with E-state index >= 15 is 0 Å². The monoisotopic (exact) mass is 344 g/mol. The molecule has 3 rings (SSSR count). The first-order valence-corrected chi connectivity index (χ1v) is 7.83. The van der Waals surface area contributed by atoms with Crippen LogP contribution in [0.15, 0.2) is 66.7 Å². The maximum Gasteiger partial charge on any atom is 0.134 e. The summed E-state index contributed by atoms with van der Waals surface area (Å²) in [5.41, 5.74) is 2.93. The van der Waals surface area contributed by atoms with Crippen LogP contribution in [0.4, 0.5) is 0 Å². The summed E-state index contributed by atoms with van der Waals surface area (Å²) in [5.74, 6) is -0.00988. The minimum atomic E-state index is -0.104. The van der Waals surface area contributed by atoms with Gasteiger partial charge in [-0.3, -0.25) is 0 Å². The molecule has 0 fully saturated rings. The van der Waals surface area contributed by atoms with E-state index in [2.05, 4.69) is 0 Å². The highest BCUT2D eigenvalue weighted by Crippen LogP contribution is 2.37. The van der Waals surface area contributed by atoms with Crippen LogP contribution in [-0.4, -0.2) is 10.2 Å². The molecule has 0 unspecified atom stereocenters. The molecular formula is C19H14Cl2O2. The normalized spacial score (nSPS) is 10.9. The van der Waals surface area contributed by atoms with Gasteiger partial charge in [-0.05, 0) is 41.0 Å². The summed E-state index contributed by atoms with van der Waals surface area (Å²) >= 11 is 12.1. The van der Waals surface area contributed by atoms with Gasteiger partial charge < -0.3 is 10.2 Å². The first-order valence-electron chi connectivity index (χ1n) is 7.08. The van der Waals surface area contributed by atoms with Gasteiger partial charge in [-0.2, -0.15) is 0 Å². The Bertz CT molecular complexity index is 781. The molecule has 3 aromatic carbocycles. The van der Waals surface area contributed by atoms with Gasteiger partial charge in [0.25, 0.3) is 0 Å². The highest BCUT2D eigenvalue weighted by molar-refractivity contribution is 6.32. The molecule has 0 aromatic heterocycles. The molecule has 0 aliphatic heterocycles. The minimum absolute atomic E-state index is 0.0472. The van der Waals surface area contributed by atoms with E-state index in [-0.39, 0.29) is 17.4 Å². The molecule has 0 amide bonds. The zero-order chi connectivity index (χ0) is 16.4. The lowest BCUT2D eigenvalue weighted by molar-refractivity contribution is 0.475. The van der Waals surface area contributed by atoms with E-state index in [4.69, 9.17) is 23.2 Å². The van der Waals surface area contributed by atoms with E-state index in [9.17, 15) is 10.2 Å². The number of phenols is 2. The topological polar surface area (TPSA) is 40.5 Å². The lowest BCUT2D eigenvalue weighted by Gasteiger charge is -2.20. The highest BCUT2D eigenvalue weighted by atomic mass is 35.5. The molecule has 0 saturated heterocycles. The van der Waals surface area contributed by atoms with Crippen LogP contribution in [0, 0.1) is 0 Å². The molecule has 4 heteroatoms. The van der Waals surface area contributed by atoms with E-state index in [1.807, 2.05) is 42.5 Å². The van der Waals surface area contributed by atoms with Gasteiger partial charge in [0.1, 0.15) is 11.5 Å². The van der Waals surface area contributed by atoms with Gasteiger partial charge in [-0.1, -0.05) is 65.7 Å². The maximum absolute atomic E-state index is 9.66. The summed E-state index contributed by atoms with van der Waals surface area (Å²) in [6.07, 6.45) is 0. The zero-order valence-electron chi connectivity index (χ0n) is 12.1. The molecule has 2 nitrogen and oxygen atoms in total. The Balaban J connectivity index is 2.17. The number of hydrogen-bond donors (Lipinski definition) is 2. The molecule has 0 bridgehead atoms. The summed E-state index contributed by atoms with van der Waals surface area (Å²) in [6.45, 7) is 0. The lowest BCUT2D eigenvalue weighted by atomic mass is 9.85. The van der Waals surface area contributed by atoms with Gasteiger partial charge in [-0.25, -0.2) is 0 Å². The molecule has 0 radical (unpaired) electrons. The number of benzene rings is 3. The van der Waals surface area contributed by atoms with Gasteiger partial charge in [0.2, 0.25) is 0 Å². The van der Waals surface area contributed by atoms with Crippen LogP contribution in [0.3, 0.4) is 0 Å². The van der Waals surface area contributed by atoms with Gasteiger partial charge >= 0.3 is 0 Å². The SMILES string of the molecule is Oc1ccc(C(c2ccccc2)c2ccc(O)c(Cl)c2)cc1Cl. The number of hydrogen-bond acceptors (Lipinski definition) is 2. The fourth-order valence-corrected chi connectivity index (χ4v) is 3.01. The van der Waals surface area contributed by atoms with Crippen LogP contribution in [-0.2, 0) is 0 Å². The quantitative estimate of drug-likeness (QED) is 0.608. The van der Waals surface area contributed by atoms with Crippen molar-refractivity contribution in [1.82, 2.24) is 0 Å². The fraction of sp³-hybridized carbons (Fsp3) is 0.0526. The van der Waals surface area contributed by atoms with Crippen molar-refractivity contribution in [3.05, 3.63) is 93.5 Å². The molecule has 2 N–H and O–H groups in total. The molecule has 3 aromatic rings. The predicted octanol–water partition coefficient (Wildman–Crippen LogP) is 5.58. The minimum Gasteiger partial charge on any atom is -0.506 e. The molecule has 0 spiro atoms. The van der Waals surface area contributed by atoms with Crippen LogP contribution in [0.1, 0.15) is 22.6 Å². The van der Waals surface area contributed by atoms with E-state index in [1.54, 1.807) is 24.3 Å². The largest absolute Gasteiger partial charge is 0.506 e. The maximum atomic E-state index is 9.66. The first kappa shape index (κ1) is 15.7. The molecular weight excluding hydrogens is 331 g/mol. The summed E-state index contributed by atoms with van der Waals surface area (Å²) in [5, 5.41) is 19.9. The van der Waals surface area contributed by atoms with Crippen molar-refractivity contribution in [1.29, 1.82) is 0 Å². The van der Waals surface area contributed by atoms with E-state index in [0.29, 0.717) is 10.0 Å². The van der Waals surface area contributed by atoms with Crippen molar-refractivity contribution in [2.45, 2.75) is 5.92 Å². The number of rotatable bonds is 3. The Morgan fingerprint density at radius 3 is 1.52 bits per heavy atom. The summed E-state index contributed by atoms with van der Waals surface area (Å²) in [4.78, 5) is 0. The Kier molecular flexibility index (Phi) is 4.46. The number of halogens is 2. The van der Waals surface area contributed by atoms with Gasteiger partial charge in [0.15, 0.2) is 0 Å². The van der Waals surface area contributed by atoms with Crippen molar-refractivity contribution in [3.63, 3.8) is 0 Å². The van der Waals surface area contributed by atoms with Gasteiger partial charge in [-0.15, -0.1) is 0 Å². The van der Waals surface area contributed by atoms with Crippen LogP contribution in [0.5, 0.6) is 11.5 Å². The molecule has 0 heterocycles. The van der Waals surface area contributed by atoms with E-state index in [0.717, 1.165) is 16.7 Å². The van der Waals surface area contributed by atoms with E-state index < -0.39 is 0 Å². The molecule has 0 atom stereocenters. The molecule has 23 heavy (non-hydrogen) atoms. The second kappa shape index (κ2) is 6.53. The highest BCUT2D eigenvalue weighted by Gasteiger charge is 2.18. The van der Waals surface area contributed by atoms with Crippen LogP contribution in [0.2, 0.25) is 10.0 Å². The Labute approximate surface area is 144 Å². The third kappa shape index (κ3) is 3.29. The molecule has 0 aliphatic rings. The number of aromatic hydroxyl groups is 2. The Morgan fingerprint density at radius 2 is 1.09 bits per heavy atom. The third-order valence-electron chi connectivity index (χ3n) is 3.74. The number of phenolic OH excluding ortho intramolecular Hbond substituents is 2. The van der Waals surface area contributed by atoms with Gasteiger partial charge in [0, 0.05) is 5.92 Å². The third-order valence-corrected chi connectivity index (χ3v) is 4.35. The standard InChI is InChI=1S/C19H14Cl2O2/c20-15-10-13(6-8-17(15)22)19(12-4-2-1-3-5-12)14-7-9-18(23)16(21)11-14/h1-11,19,22-23H. The van der Waals surface area contributed by atoms with Crippen LogP contribution < -0.4 is 0 Å². The van der Waals surface area contributed by atoms with Crippen LogP contribution >= 0.6 is 23.2 Å². The van der Waals surface area contributed by atoms with Crippen molar-refractivity contribution < 1.29 is 10.2 Å². The van der Waals surface area contributed by atoms with Gasteiger partial charge in [0.05, 0.1) is 10.0 Å². The fourth-order valence-electron chi connectivity index (χ4n) is 2.63. The van der Waals surface area contributed by atoms with Crippen LogP contribution in [0.25, 0.3) is 0 Å². The average molecular weight is 345 g/mol. The summed E-state index contributed by atoms with van der Waals surface area (Å²) in [7, 11) is 0. The Hall–Kier alpha value is -2.16. The van der Waals surface area contributed by atoms with E-state index in [1.165, 1.54) is 0 Å². The Morgan fingerprint density at radius 1 is 0.609 bits per heavy atom. The summed E-state index contributed by atoms with van der Waals surface area (Å²) in [6, 6.07) is 20.2. The molecule has 0 saturated carbocycles. The second-order valence-electron chi connectivity index (χ2n) is 5.27. The van der Waals surface area contributed by atoms with Crippen molar-refractivity contribution >= 4 is 23.2 Å². The second-order valence-corrected chi connectivity index (χ2v) is 6.08. The zero-order valence-corrected chi connectivity index (χ0v) is 13.6. The van der Waals surface area contributed by atoms with Crippen molar-refractivity contribution in [3.8, 4) is 11.5 Å². The molecule has 116 valence electrons. The average Bonchev–Trinajstić information content (AvgIpc) is 2.55. The van der Waals surface area contributed by atoms with Crippen molar-refractivity contribution in [2.24, 2.45) is 0 Å². The molecule has 0 aliphatic carbocycles. The summed E-state index contributed by atoms with van der Waals surface area (Å²) < 4.78 is 0. The first-order chi connectivity index (χ1) is 11.1. The lowest BCUT2D eigenvalue weighted by Crippen LogP contribution is -2.03. The smallest absolute Gasteiger partial charge is 0.134 e. The predicted molar refractivity (Wildman–Crippen MR) is 93.6 cm³/mol.